The molecule has 0 atom stereocenters. The summed E-state index contributed by atoms with van der Waals surface area (Å²) in [5.74, 6) is 0. The number of rotatable bonds is 1. The molecule has 1 aromatic heterocycles. The summed E-state index contributed by atoms with van der Waals surface area (Å²) in [5, 5.41) is 2.96. The first-order valence-corrected chi connectivity index (χ1v) is 4.98. The fourth-order valence-corrected chi connectivity index (χ4v) is 1.89. The zero-order valence-corrected chi connectivity index (χ0v) is 7.36. The molecule has 1 rings (SSSR count). The van der Waals surface area contributed by atoms with Gasteiger partial charge < -0.3 is 0 Å². The molecule has 0 fully saturated rings. The van der Waals surface area contributed by atoms with E-state index in [1.54, 1.807) is 5.38 Å². The van der Waals surface area contributed by atoms with Crippen molar-refractivity contribution in [1.29, 1.82) is 0 Å². The molecule has 1 aromatic rings. The lowest BCUT2D eigenvalue weighted by Gasteiger charge is -1.85. The van der Waals surface area contributed by atoms with Crippen LogP contribution in [0.3, 0.4) is 0 Å². The van der Waals surface area contributed by atoms with Crippen molar-refractivity contribution >= 4 is 21.5 Å². The van der Waals surface area contributed by atoms with Gasteiger partial charge in [-0.05, 0) is 11.4 Å². The molecule has 0 aliphatic rings. The first kappa shape index (κ1) is 10.3. The Balaban J connectivity index is 0.000000461. The van der Waals surface area contributed by atoms with Crippen molar-refractivity contribution in [3.05, 3.63) is 30.0 Å². The molecule has 1 heterocycles. The third kappa shape index (κ3) is 3.31. The molecule has 0 bridgehead atoms. The highest BCUT2D eigenvalue weighted by atomic mass is 32.2. The highest BCUT2D eigenvalue weighted by molar-refractivity contribution is 7.86. The van der Waals surface area contributed by atoms with E-state index in [1.165, 1.54) is 22.8 Å². The van der Waals surface area contributed by atoms with Crippen molar-refractivity contribution < 1.29 is 13.0 Å². The lowest BCUT2D eigenvalue weighted by atomic mass is 10.7. The van der Waals surface area contributed by atoms with Crippen LogP contribution in [-0.2, 0) is 10.1 Å². The fourth-order valence-electron chi connectivity index (χ4n) is 0.399. The molecule has 0 radical (unpaired) electrons. The molecular weight excluding hydrogens is 184 g/mol. The predicted octanol–water partition coefficient (Wildman–Crippen LogP) is 1.80. The first-order valence-electron chi connectivity index (χ1n) is 2.60. The molecule has 0 aliphatic heterocycles. The molecule has 0 saturated heterocycles. The number of hydrogen-bond donors (Lipinski definition) is 1. The van der Waals surface area contributed by atoms with Gasteiger partial charge in [0.15, 0.2) is 0 Å². The van der Waals surface area contributed by atoms with Crippen LogP contribution in [0.15, 0.2) is 34.9 Å². The Hall–Kier alpha value is -0.650. The summed E-state index contributed by atoms with van der Waals surface area (Å²) in [7, 11) is -3.95. The van der Waals surface area contributed by atoms with E-state index in [2.05, 4.69) is 13.2 Å². The predicted molar refractivity (Wildman–Crippen MR) is 45.4 cm³/mol. The third-order valence-electron chi connectivity index (χ3n) is 0.793. The minimum absolute atomic E-state index is 0.0347. The average Bonchev–Trinajstić information content (AvgIpc) is 2.40. The monoisotopic (exact) mass is 192 g/mol. The van der Waals surface area contributed by atoms with Crippen LogP contribution in [-0.4, -0.2) is 13.0 Å². The van der Waals surface area contributed by atoms with Gasteiger partial charge in [0.25, 0.3) is 10.1 Å². The maximum absolute atomic E-state index is 10.3. The fraction of sp³-hybridized carbons (Fsp3) is 0. The van der Waals surface area contributed by atoms with E-state index in [-0.39, 0.29) is 4.90 Å². The van der Waals surface area contributed by atoms with Crippen LogP contribution < -0.4 is 0 Å². The Kier molecular flexibility index (Phi) is 4.02. The second-order valence-corrected chi connectivity index (χ2v) is 3.64. The van der Waals surface area contributed by atoms with Crippen molar-refractivity contribution in [1.82, 2.24) is 0 Å². The van der Waals surface area contributed by atoms with E-state index >= 15 is 0 Å². The molecule has 0 saturated carbocycles. The van der Waals surface area contributed by atoms with Gasteiger partial charge in [-0.1, -0.05) is 0 Å². The van der Waals surface area contributed by atoms with Crippen molar-refractivity contribution in [3.8, 4) is 0 Å². The molecule has 62 valence electrons. The molecule has 1 N–H and O–H groups in total. The van der Waals surface area contributed by atoms with Gasteiger partial charge in [-0.2, -0.15) is 19.8 Å². The van der Waals surface area contributed by atoms with Crippen molar-refractivity contribution in [2.75, 3.05) is 0 Å². The van der Waals surface area contributed by atoms with Crippen LogP contribution in [0.4, 0.5) is 0 Å². The molecular formula is C6H8O3S2. The third-order valence-corrected chi connectivity index (χ3v) is 2.48. The normalized spacial score (nSPS) is 9.91. The van der Waals surface area contributed by atoms with Crippen LogP contribution in [0, 0.1) is 0 Å². The zero-order valence-electron chi connectivity index (χ0n) is 5.73. The van der Waals surface area contributed by atoms with Crippen molar-refractivity contribution in [3.63, 3.8) is 0 Å². The Labute approximate surface area is 69.7 Å². The summed E-state index contributed by atoms with van der Waals surface area (Å²) in [5.41, 5.74) is 0. The lowest BCUT2D eigenvalue weighted by Crippen LogP contribution is -1.94. The van der Waals surface area contributed by atoms with E-state index in [9.17, 15) is 8.42 Å². The van der Waals surface area contributed by atoms with Gasteiger partial charge in [0.05, 0.1) is 0 Å². The summed E-state index contributed by atoms with van der Waals surface area (Å²) < 4.78 is 28.9. The smallest absolute Gasteiger partial charge is 0.282 e. The highest BCUT2D eigenvalue weighted by Gasteiger charge is 2.07. The van der Waals surface area contributed by atoms with Crippen LogP contribution in [0.1, 0.15) is 0 Å². The Morgan fingerprint density at radius 2 is 2.00 bits per heavy atom. The Morgan fingerprint density at radius 1 is 1.45 bits per heavy atom. The number of thiophene rings is 1. The van der Waals surface area contributed by atoms with Crippen LogP contribution in [0.25, 0.3) is 0 Å². The van der Waals surface area contributed by atoms with Gasteiger partial charge in [0, 0.05) is 5.38 Å². The second-order valence-electron chi connectivity index (χ2n) is 1.43. The van der Waals surface area contributed by atoms with E-state index < -0.39 is 10.1 Å². The van der Waals surface area contributed by atoms with Crippen LogP contribution in [0.2, 0.25) is 0 Å². The van der Waals surface area contributed by atoms with E-state index in [0.29, 0.717) is 0 Å². The van der Waals surface area contributed by atoms with E-state index in [1.807, 2.05) is 0 Å². The average molecular weight is 192 g/mol. The van der Waals surface area contributed by atoms with Crippen LogP contribution in [0.5, 0.6) is 0 Å². The molecule has 0 aromatic carbocycles. The Bertz CT molecular complexity index is 286. The zero-order chi connectivity index (χ0) is 8.91. The Morgan fingerprint density at radius 3 is 2.18 bits per heavy atom. The molecule has 0 aliphatic carbocycles. The minimum Gasteiger partial charge on any atom is -0.282 e. The summed E-state index contributed by atoms with van der Waals surface area (Å²) in [6, 6.07) is 1.35. The van der Waals surface area contributed by atoms with Gasteiger partial charge >= 0.3 is 0 Å². The van der Waals surface area contributed by atoms with Crippen molar-refractivity contribution in [2.45, 2.75) is 4.90 Å². The topological polar surface area (TPSA) is 54.4 Å². The SMILES string of the molecule is C=C.O=S(=O)(O)c1ccsc1. The van der Waals surface area contributed by atoms with Crippen LogP contribution >= 0.6 is 11.3 Å². The second kappa shape index (κ2) is 4.27. The summed E-state index contributed by atoms with van der Waals surface area (Å²) >= 11 is 1.23. The van der Waals surface area contributed by atoms with Gasteiger partial charge in [0.2, 0.25) is 0 Å². The summed E-state index contributed by atoms with van der Waals surface area (Å²) in [4.78, 5) is -0.0347. The largest absolute Gasteiger partial charge is 0.295 e. The maximum atomic E-state index is 10.3. The minimum atomic E-state index is -3.95. The molecule has 5 heteroatoms. The maximum Gasteiger partial charge on any atom is 0.295 e. The summed E-state index contributed by atoms with van der Waals surface area (Å²) in [6.07, 6.45) is 0. The van der Waals surface area contributed by atoms with E-state index in [4.69, 9.17) is 4.55 Å². The standard InChI is InChI=1S/C4H4O3S2.C2H4/c5-9(6,7)4-1-2-8-3-4;1-2/h1-3H,(H,5,6,7);1-2H2. The lowest BCUT2D eigenvalue weighted by molar-refractivity contribution is 0.483. The molecule has 11 heavy (non-hydrogen) atoms. The molecule has 0 unspecified atom stereocenters. The first-order chi connectivity index (χ1) is 5.11. The van der Waals surface area contributed by atoms with Gasteiger partial charge in [-0.15, -0.1) is 13.2 Å². The van der Waals surface area contributed by atoms with Crippen molar-refractivity contribution in [2.24, 2.45) is 0 Å². The quantitative estimate of drug-likeness (QED) is 0.545. The van der Waals surface area contributed by atoms with Gasteiger partial charge in [0.1, 0.15) is 4.90 Å². The molecule has 0 amide bonds. The highest BCUT2D eigenvalue weighted by Crippen LogP contribution is 2.11. The summed E-state index contributed by atoms with van der Waals surface area (Å²) in [6.45, 7) is 6.00. The van der Waals surface area contributed by atoms with E-state index in [0.717, 1.165) is 0 Å². The molecule has 3 nitrogen and oxygen atoms in total. The number of hydrogen-bond acceptors (Lipinski definition) is 3. The molecule has 0 spiro atoms. The van der Waals surface area contributed by atoms with Gasteiger partial charge in [-0.3, -0.25) is 4.55 Å². The van der Waals surface area contributed by atoms with Gasteiger partial charge in [-0.25, -0.2) is 0 Å².